The molecule has 1 aliphatic rings. The Bertz CT molecular complexity index is 1270. The van der Waals surface area contributed by atoms with Crippen LogP contribution in [0.3, 0.4) is 0 Å². The van der Waals surface area contributed by atoms with Crippen LogP contribution in [-0.2, 0) is 16.3 Å². The molecule has 0 aliphatic carbocycles. The molecule has 1 fully saturated rings. The van der Waals surface area contributed by atoms with Gasteiger partial charge in [0.2, 0.25) is 0 Å². The highest BCUT2D eigenvalue weighted by atomic mass is 32.2. The van der Waals surface area contributed by atoms with Crippen LogP contribution in [0.1, 0.15) is 52.4 Å². The topological polar surface area (TPSA) is 79.4 Å². The van der Waals surface area contributed by atoms with Gasteiger partial charge in [-0.15, -0.1) is 0 Å². The molecule has 2 heterocycles. The lowest BCUT2D eigenvalue weighted by Crippen LogP contribution is -2.26. The van der Waals surface area contributed by atoms with E-state index in [-0.39, 0.29) is 22.5 Å². The fourth-order valence-corrected chi connectivity index (χ4v) is 5.28. The lowest BCUT2D eigenvalue weighted by atomic mass is 9.88. The van der Waals surface area contributed by atoms with Gasteiger partial charge in [0, 0.05) is 43.6 Å². The molecular weight excluding hydrogens is 477 g/mol. The van der Waals surface area contributed by atoms with Crippen LogP contribution in [0.25, 0.3) is 0 Å². The van der Waals surface area contributed by atoms with Gasteiger partial charge in [-0.1, -0.05) is 24.3 Å². The number of halogens is 1. The molecule has 6 nitrogen and oxygen atoms in total. The molecule has 1 amide bonds. The molecule has 1 unspecified atom stereocenters. The number of carbonyl (C=O) groups excluding carboxylic acids is 1. The summed E-state index contributed by atoms with van der Waals surface area (Å²) in [5.74, 6) is -0.762. The van der Waals surface area contributed by atoms with Crippen LogP contribution in [0.2, 0.25) is 0 Å². The molecule has 0 saturated carbocycles. The van der Waals surface area contributed by atoms with E-state index < -0.39 is 9.84 Å². The van der Waals surface area contributed by atoms with Crippen molar-refractivity contribution in [3.8, 4) is 0 Å². The summed E-state index contributed by atoms with van der Waals surface area (Å²) in [6, 6.07) is 16.6. The summed E-state index contributed by atoms with van der Waals surface area (Å²) in [6.07, 6.45) is 6.70. The van der Waals surface area contributed by atoms with Crippen molar-refractivity contribution in [2.45, 2.75) is 36.5 Å². The number of hydrogen-bond acceptors (Lipinski definition) is 5. The van der Waals surface area contributed by atoms with Gasteiger partial charge in [0.15, 0.2) is 9.84 Å². The van der Waals surface area contributed by atoms with E-state index in [1.807, 2.05) is 12.1 Å². The van der Waals surface area contributed by atoms with Gasteiger partial charge in [-0.3, -0.25) is 9.78 Å². The van der Waals surface area contributed by atoms with Crippen LogP contribution in [0.15, 0.2) is 71.8 Å². The Kier molecular flexibility index (Phi) is 8.48. The van der Waals surface area contributed by atoms with Crippen molar-refractivity contribution >= 4 is 15.7 Å². The highest BCUT2D eigenvalue weighted by Gasteiger charge is 2.18. The summed E-state index contributed by atoms with van der Waals surface area (Å²) in [4.78, 5) is 19.8. The van der Waals surface area contributed by atoms with Crippen molar-refractivity contribution in [1.82, 2.24) is 15.2 Å². The summed E-state index contributed by atoms with van der Waals surface area (Å²) in [6.45, 7) is 3.65. The minimum Gasteiger partial charge on any atom is -0.352 e. The van der Waals surface area contributed by atoms with Crippen LogP contribution >= 0.6 is 0 Å². The maximum Gasteiger partial charge on any atom is 0.252 e. The molecule has 1 aromatic heterocycles. The number of amides is 1. The predicted octanol–water partition coefficient (Wildman–Crippen LogP) is 4.21. The van der Waals surface area contributed by atoms with Crippen molar-refractivity contribution in [2.24, 2.45) is 0 Å². The van der Waals surface area contributed by atoms with Gasteiger partial charge >= 0.3 is 0 Å². The van der Waals surface area contributed by atoms with Gasteiger partial charge in [-0.2, -0.15) is 0 Å². The van der Waals surface area contributed by atoms with Crippen molar-refractivity contribution < 1.29 is 17.6 Å². The van der Waals surface area contributed by atoms with Crippen molar-refractivity contribution in [1.29, 1.82) is 0 Å². The van der Waals surface area contributed by atoms with E-state index in [1.54, 1.807) is 42.6 Å². The second-order valence-corrected chi connectivity index (χ2v) is 11.3. The minimum absolute atomic E-state index is 0.210. The smallest absolute Gasteiger partial charge is 0.252 e. The Balaban J connectivity index is 1.40. The quantitative estimate of drug-likeness (QED) is 0.443. The number of nitrogens with one attached hydrogen (secondary N) is 1. The zero-order valence-corrected chi connectivity index (χ0v) is 21.3. The van der Waals surface area contributed by atoms with E-state index in [9.17, 15) is 17.6 Å². The highest BCUT2D eigenvalue weighted by molar-refractivity contribution is 7.90. The third kappa shape index (κ3) is 6.98. The maximum atomic E-state index is 13.5. The third-order valence-corrected chi connectivity index (χ3v) is 7.76. The van der Waals surface area contributed by atoms with Crippen LogP contribution in [0, 0.1) is 5.82 Å². The molecule has 8 heteroatoms. The molecule has 0 spiro atoms. The zero-order chi connectivity index (χ0) is 25.5. The first-order valence-electron chi connectivity index (χ1n) is 12.3. The first kappa shape index (κ1) is 26.0. The first-order chi connectivity index (χ1) is 17.3. The van der Waals surface area contributed by atoms with E-state index >= 15 is 0 Å². The number of carbonyl (C=O) groups is 1. The molecule has 1 aliphatic heterocycles. The monoisotopic (exact) mass is 509 g/mol. The van der Waals surface area contributed by atoms with E-state index in [0.29, 0.717) is 18.5 Å². The average molecular weight is 510 g/mol. The number of aromatic nitrogens is 1. The number of benzene rings is 2. The van der Waals surface area contributed by atoms with Crippen LogP contribution in [-0.4, -0.2) is 56.6 Å². The molecule has 1 N–H and O–H groups in total. The van der Waals surface area contributed by atoms with E-state index in [4.69, 9.17) is 0 Å². The number of likely N-dealkylation sites (tertiary alicyclic amines) is 1. The van der Waals surface area contributed by atoms with Crippen LogP contribution in [0.5, 0.6) is 0 Å². The molecule has 1 saturated heterocycles. The summed E-state index contributed by atoms with van der Waals surface area (Å²) in [7, 11) is -3.37. The van der Waals surface area contributed by atoms with E-state index in [0.717, 1.165) is 42.9 Å². The summed E-state index contributed by atoms with van der Waals surface area (Å²) in [5, 5.41) is 2.94. The molecule has 3 aromatic rings. The second kappa shape index (κ2) is 11.8. The predicted molar refractivity (Wildman–Crippen MR) is 138 cm³/mol. The van der Waals surface area contributed by atoms with Gasteiger partial charge in [0.1, 0.15) is 5.82 Å². The molecule has 0 radical (unpaired) electrons. The molecule has 190 valence electrons. The Morgan fingerprint density at radius 3 is 2.47 bits per heavy atom. The number of hydrogen-bond donors (Lipinski definition) is 1. The van der Waals surface area contributed by atoms with Crippen LogP contribution in [0.4, 0.5) is 4.39 Å². The zero-order valence-electron chi connectivity index (χ0n) is 20.5. The Morgan fingerprint density at radius 1 is 1.06 bits per heavy atom. The number of rotatable bonds is 10. The molecule has 2 aromatic carbocycles. The molecule has 0 bridgehead atoms. The maximum absolute atomic E-state index is 13.5. The third-order valence-electron chi connectivity index (χ3n) is 6.65. The standard InChI is InChI=1S/C28H32FN3O3S/c1-36(34,35)26-6-4-5-22(19-26)27(21-7-10-24(29)11-8-21)13-15-30-28(33)23-9-12-25(31-20-23)14-18-32-16-2-3-17-32/h4-12,19-20,27H,2-3,13-18H2,1H3,(H,30,33). The summed E-state index contributed by atoms with van der Waals surface area (Å²) in [5.41, 5.74) is 3.11. The van der Waals surface area contributed by atoms with Gasteiger partial charge in [-0.25, -0.2) is 12.8 Å². The average Bonchev–Trinajstić information content (AvgIpc) is 3.40. The van der Waals surface area contributed by atoms with Gasteiger partial charge < -0.3 is 10.2 Å². The molecule has 4 rings (SSSR count). The van der Waals surface area contributed by atoms with E-state index in [2.05, 4.69) is 15.2 Å². The number of sulfone groups is 1. The van der Waals surface area contributed by atoms with Gasteiger partial charge in [-0.05, 0) is 79.9 Å². The first-order valence-corrected chi connectivity index (χ1v) is 14.2. The molecular formula is C28H32FN3O3S. The fourth-order valence-electron chi connectivity index (χ4n) is 4.60. The SMILES string of the molecule is CS(=O)(=O)c1cccc(C(CCNC(=O)c2ccc(CCN3CCCC3)nc2)c2ccc(F)cc2)c1. The largest absolute Gasteiger partial charge is 0.352 e. The van der Waals surface area contributed by atoms with Crippen molar-refractivity contribution in [3.05, 3.63) is 95.1 Å². The van der Waals surface area contributed by atoms with Crippen molar-refractivity contribution in [2.75, 3.05) is 32.4 Å². The molecule has 1 atom stereocenters. The lowest BCUT2D eigenvalue weighted by molar-refractivity contribution is 0.0952. The van der Waals surface area contributed by atoms with Crippen molar-refractivity contribution in [3.63, 3.8) is 0 Å². The number of nitrogens with zero attached hydrogens (tertiary/aromatic N) is 2. The Labute approximate surface area is 212 Å². The highest BCUT2D eigenvalue weighted by Crippen LogP contribution is 2.29. The second-order valence-electron chi connectivity index (χ2n) is 9.33. The Morgan fingerprint density at radius 2 is 1.81 bits per heavy atom. The lowest BCUT2D eigenvalue weighted by Gasteiger charge is -2.19. The fraction of sp³-hybridized carbons (Fsp3) is 0.357. The normalized spacial score (nSPS) is 15.1. The van der Waals surface area contributed by atoms with E-state index in [1.165, 1.54) is 31.2 Å². The summed E-state index contributed by atoms with van der Waals surface area (Å²) < 4.78 is 37.7. The van der Waals surface area contributed by atoms with Crippen LogP contribution < -0.4 is 5.32 Å². The Hall–Kier alpha value is -3.10. The molecule has 36 heavy (non-hydrogen) atoms. The number of pyridine rings is 1. The summed E-state index contributed by atoms with van der Waals surface area (Å²) >= 11 is 0. The minimum atomic E-state index is -3.37. The van der Waals surface area contributed by atoms with Gasteiger partial charge in [0.25, 0.3) is 5.91 Å². The van der Waals surface area contributed by atoms with Gasteiger partial charge in [0.05, 0.1) is 10.5 Å².